The van der Waals surface area contributed by atoms with Crippen molar-refractivity contribution in [3.63, 3.8) is 0 Å². The van der Waals surface area contributed by atoms with Crippen molar-refractivity contribution in [1.82, 2.24) is 0 Å². The molecule has 0 aliphatic carbocycles. The summed E-state index contributed by atoms with van der Waals surface area (Å²) in [6.07, 6.45) is 0. The first-order valence-electron chi connectivity index (χ1n) is 7.85. The summed E-state index contributed by atoms with van der Waals surface area (Å²) in [6, 6.07) is 20.5. The number of carbonyl (C=O) groups is 1. The lowest BCUT2D eigenvalue weighted by Crippen LogP contribution is -2.30. The van der Waals surface area contributed by atoms with Crippen LogP contribution in [-0.2, 0) is 6.54 Å². The normalized spacial score (nSPS) is 12.9. The first kappa shape index (κ1) is 15.8. The van der Waals surface area contributed by atoms with Crippen molar-refractivity contribution >= 4 is 38.9 Å². The van der Waals surface area contributed by atoms with Gasteiger partial charge in [0.25, 0.3) is 5.91 Å². The number of benzene rings is 3. The second kappa shape index (κ2) is 6.33. The highest BCUT2D eigenvalue weighted by atomic mass is 79.9. The number of hydrogen-bond donors (Lipinski definition) is 1. The van der Waals surface area contributed by atoms with Crippen LogP contribution in [0.4, 0.5) is 21.5 Å². The molecule has 0 saturated carbocycles. The molecule has 4 rings (SSSR count). The molecule has 124 valence electrons. The highest BCUT2D eigenvalue weighted by molar-refractivity contribution is 9.10. The predicted octanol–water partition coefficient (Wildman–Crippen LogP) is 5.49. The molecule has 1 N–H and O–H groups in total. The summed E-state index contributed by atoms with van der Waals surface area (Å²) in [5, 5.41) is 3.19. The Labute approximate surface area is 153 Å². The van der Waals surface area contributed by atoms with Crippen LogP contribution in [0.2, 0.25) is 0 Å². The molecule has 3 aromatic carbocycles. The van der Waals surface area contributed by atoms with Crippen LogP contribution in [-0.4, -0.2) is 5.91 Å². The van der Waals surface area contributed by atoms with E-state index in [1.165, 1.54) is 0 Å². The second-order valence-corrected chi connectivity index (χ2v) is 6.66. The number of rotatable bonds is 2. The van der Waals surface area contributed by atoms with E-state index in [2.05, 4.69) is 21.2 Å². The minimum atomic E-state index is -0.555. The third-order valence-electron chi connectivity index (χ3n) is 4.20. The van der Waals surface area contributed by atoms with Crippen LogP contribution in [0.5, 0.6) is 0 Å². The van der Waals surface area contributed by atoms with E-state index in [1.807, 2.05) is 54.6 Å². The maximum atomic E-state index is 14.7. The van der Waals surface area contributed by atoms with Gasteiger partial charge in [-0.25, -0.2) is 4.39 Å². The Hall–Kier alpha value is -2.66. The van der Waals surface area contributed by atoms with Crippen LogP contribution in [0.1, 0.15) is 15.9 Å². The minimum absolute atomic E-state index is 0.0431. The Morgan fingerprint density at radius 2 is 1.64 bits per heavy atom. The summed E-state index contributed by atoms with van der Waals surface area (Å²) in [5.74, 6) is -0.920. The van der Waals surface area contributed by atoms with E-state index in [-0.39, 0.29) is 15.9 Å². The zero-order valence-electron chi connectivity index (χ0n) is 13.2. The molecule has 0 radical (unpaired) electrons. The third kappa shape index (κ3) is 2.81. The van der Waals surface area contributed by atoms with Crippen molar-refractivity contribution in [1.29, 1.82) is 0 Å². The second-order valence-electron chi connectivity index (χ2n) is 5.80. The van der Waals surface area contributed by atoms with E-state index in [1.54, 1.807) is 17.0 Å². The third-order valence-corrected chi connectivity index (χ3v) is 4.81. The van der Waals surface area contributed by atoms with Crippen LogP contribution in [0.25, 0.3) is 0 Å². The lowest BCUT2D eigenvalue weighted by atomic mass is 10.1. The number of nitrogens with zero attached hydrogens (tertiary/aromatic N) is 1. The van der Waals surface area contributed by atoms with Gasteiger partial charge in [0.1, 0.15) is 5.56 Å². The van der Waals surface area contributed by atoms with E-state index < -0.39 is 5.82 Å². The fourth-order valence-corrected chi connectivity index (χ4v) is 3.32. The Bertz CT molecular complexity index is 959. The molecule has 5 heteroatoms. The fraction of sp³-hybridized carbons (Fsp3) is 0.0500. The van der Waals surface area contributed by atoms with E-state index in [0.717, 1.165) is 16.9 Å². The summed E-state index contributed by atoms with van der Waals surface area (Å²) < 4.78 is 15.0. The molecule has 0 aromatic heterocycles. The van der Waals surface area contributed by atoms with Crippen LogP contribution in [0, 0.1) is 5.82 Å². The topological polar surface area (TPSA) is 32.3 Å². The van der Waals surface area contributed by atoms with Gasteiger partial charge >= 0.3 is 0 Å². The molecule has 0 spiro atoms. The van der Waals surface area contributed by atoms with Crippen LogP contribution in [0.15, 0.2) is 71.2 Å². The summed E-state index contributed by atoms with van der Waals surface area (Å²) in [7, 11) is 0. The highest BCUT2D eigenvalue weighted by Crippen LogP contribution is 2.38. The van der Waals surface area contributed by atoms with Crippen LogP contribution in [0.3, 0.4) is 0 Å². The van der Waals surface area contributed by atoms with Crippen molar-refractivity contribution in [3.8, 4) is 0 Å². The Morgan fingerprint density at radius 3 is 2.44 bits per heavy atom. The first-order chi connectivity index (χ1) is 12.1. The van der Waals surface area contributed by atoms with Gasteiger partial charge in [0, 0.05) is 0 Å². The molecule has 1 aliphatic heterocycles. The number of amides is 1. The van der Waals surface area contributed by atoms with Gasteiger partial charge < -0.3 is 10.2 Å². The van der Waals surface area contributed by atoms with Crippen molar-refractivity contribution in [2.45, 2.75) is 6.54 Å². The fourth-order valence-electron chi connectivity index (χ4n) is 2.99. The standard InChI is InChI=1S/C20H14BrFN2O/c21-14-10-11-16-18(19(14)22)20(25)24(12-13-6-2-1-3-7-13)17-9-5-4-8-15(17)23-16/h1-11,23H,12H2. The van der Waals surface area contributed by atoms with Gasteiger partial charge in [-0.15, -0.1) is 0 Å². The largest absolute Gasteiger partial charge is 0.353 e. The van der Waals surface area contributed by atoms with Crippen molar-refractivity contribution in [3.05, 3.63) is 88.1 Å². The first-order valence-corrected chi connectivity index (χ1v) is 8.64. The minimum Gasteiger partial charge on any atom is -0.353 e. The molecule has 0 bridgehead atoms. The number of nitrogens with one attached hydrogen (secondary N) is 1. The zero-order chi connectivity index (χ0) is 17.4. The van der Waals surface area contributed by atoms with Gasteiger partial charge in [0.15, 0.2) is 5.82 Å². The number of anilines is 3. The number of hydrogen-bond acceptors (Lipinski definition) is 2. The molecule has 25 heavy (non-hydrogen) atoms. The molecule has 0 saturated heterocycles. The van der Waals surface area contributed by atoms with E-state index in [4.69, 9.17) is 0 Å². The van der Waals surface area contributed by atoms with Crippen molar-refractivity contribution < 1.29 is 9.18 Å². The van der Waals surface area contributed by atoms with E-state index in [0.29, 0.717) is 12.2 Å². The maximum absolute atomic E-state index is 14.7. The lowest BCUT2D eigenvalue weighted by molar-refractivity contribution is 0.0982. The molecule has 1 heterocycles. The van der Waals surface area contributed by atoms with Crippen molar-refractivity contribution in [2.75, 3.05) is 10.2 Å². The molecule has 1 aliphatic rings. The maximum Gasteiger partial charge on any atom is 0.263 e. The van der Waals surface area contributed by atoms with Gasteiger partial charge in [-0.2, -0.15) is 0 Å². The van der Waals surface area contributed by atoms with Crippen molar-refractivity contribution in [2.24, 2.45) is 0 Å². The average molecular weight is 397 g/mol. The van der Waals surface area contributed by atoms with Gasteiger partial charge in [0.2, 0.25) is 0 Å². The Balaban J connectivity index is 1.89. The molecule has 3 aromatic rings. The SMILES string of the molecule is O=C1c2c(ccc(Br)c2F)Nc2ccccc2N1Cc1ccccc1. The molecular weight excluding hydrogens is 383 g/mol. The molecule has 3 nitrogen and oxygen atoms in total. The Morgan fingerprint density at radius 1 is 0.920 bits per heavy atom. The average Bonchev–Trinajstić information content (AvgIpc) is 2.75. The smallest absolute Gasteiger partial charge is 0.263 e. The van der Waals surface area contributed by atoms with Gasteiger partial charge in [-0.1, -0.05) is 42.5 Å². The number of para-hydroxylation sites is 2. The van der Waals surface area contributed by atoms with E-state index in [9.17, 15) is 9.18 Å². The quantitative estimate of drug-likeness (QED) is 0.620. The molecule has 0 fully saturated rings. The molecule has 1 amide bonds. The van der Waals surface area contributed by atoms with Gasteiger partial charge in [-0.05, 0) is 45.8 Å². The monoisotopic (exact) mass is 396 g/mol. The van der Waals surface area contributed by atoms with Crippen LogP contribution >= 0.6 is 15.9 Å². The number of carbonyl (C=O) groups excluding carboxylic acids is 1. The number of halogens is 2. The van der Waals surface area contributed by atoms with E-state index >= 15 is 0 Å². The van der Waals surface area contributed by atoms with Gasteiger partial charge in [0.05, 0.1) is 28.1 Å². The summed E-state index contributed by atoms with van der Waals surface area (Å²) in [4.78, 5) is 14.8. The predicted molar refractivity (Wildman–Crippen MR) is 101 cm³/mol. The molecule has 0 atom stereocenters. The highest BCUT2D eigenvalue weighted by Gasteiger charge is 2.30. The summed E-state index contributed by atoms with van der Waals surface area (Å²) in [5.41, 5.74) is 2.98. The van der Waals surface area contributed by atoms with Crippen LogP contribution < -0.4 is 10.2 Å². The Kier molecular flexibility index (Phi) is 4.01. The molecule has 0 unspecified atom stereocenters. The number of fused-ring (bicyclic) bond motifs is 2. The van der Waals surface area contributed by atoms with Gasteiger partial charge in [-0.3, -0.25) is 4.79 Å². The summed E-state index contributed by atoms with van der Waals surface area (Å²) >= 11 is 3.18. The molecular formula is C20H14BrFN2O. The lowest BCUT2D eigenvalue weighted by Gasteiger charge is -2.23. The zero-order valence-corrected chi connectivity index (χ0v) is 14.8. The summed E-state index contributed by atoms with van der Waals surface area (Å²) in [6.45, 7) is 0.365.